The van der Waals surface area contributed by atoms with Crippen molar-refractivity contribution in [3.63, 3.8) is 0 Å². The minimum atomic E-state index is -3.11. The van der Waals surface area contributed by atoms with Crippen LogP contribution in [0.5, 0.6) is 6.01 Å². The molecule has 0 amide bonds. The summed E-state index contributed by atoms with van der Waals surface area (Å²) in [4.78, 5) is 8.35. The van der Waals surface area contributed by atoms with Crippen molar-refractivity contribution in [2.24, 2.45) is 0 Å². The Kier molecular flexibility index (Phi) is 4.12. The smallest absolute Gasteiger partial charge is 0.316 e. The first-order valence-corrected chi connectivity index (χ1v) is 9.06. The maximum atomic E-state index is 12.3. The highest BCUT2D eigenvalue weighted by molar-refractivity contribution is 7.90. The molecule has 1 aromatic rings. The fourth-order valence-corrected chi connectivity index (χ4v) is 4.46. The molecular weight excluding hydrogens is 290 g/mol. The summed E-state index contributed by atoms with van der Waals surface area (Å²) in [5, 5.41) is -0.156. The fourth-order valence-electron chi connectivity index (χ4n) is 2.54. The summed E-state index contributed by atoms with van der Waals surface area (Å²) in [6, 6.07) is 0.336. The van der Waals surface area contributed by atoms with E-state index in [0.717, 1.165) is 37.7 Å². The molecule has 1 unspecified atom stereocenters. The van der Waals surface area contributed by atoms with E-state index in [0.29, 0.717) is 19.1 Å². The molecule has 1 aliphatic heterocycles. The van der Waals surface area contributed by atoms with Crippen LogP contribution in [-0.4, -0.2) is 47.1 Å². The van der Waals surface area contributed by atoms with Crippen molar-refractivity contribution in [2.45, 2.75) is 50.4 Å². The van der Waals surface area contributed by atoms with E-state index in [9.17, 15) is 8.42 Å². The zero-order valence-electron chi connectivity index (χ0n) is 12.2. The molecule has 2 heterocycles. The van der Waals surface area contributed by atoms with Gasteiger partial charge in [-0.25, -0.2) is 18.4 Å². The number of hydrogen-bond acceptors (Lipinski definition) is 5. The lowest BCUT2D eigenvalue weighted by Gasteiger charge is -2.31. The van der Waals surface area contributed by atoms with Crippen molar-refractivity contribution >= 4 is 10.0 Å². The molecule has 116 valence electrons. The van der Waals surface area contributed by atoms with Crippen LogP contribution >= 0.6 is 0 Å². The summed E-state index contributed by atoms with van der Waals surface area (Å²) in [6.45, 7) is 3.06. The Morgan fingerprint density at radius 2 is 2.00 bits per heavy atom. The number of piperidine rings is 1. The van der Waals surface area contributed by atoms with Crippen LogP contribution in [0.15, 0.2) is 12.4 Å². The summed E-state index contributed by atoms with van der Waals surface area (Å²) in [5.41, 5.74) is 1.06. The predicted octanol–water partition coefficient (Wildman–Crippen LogP) is 1.37. The SMILES string of the molecule is CCc1cnc(OC2CCCN(S(=O)(=O)C3CC3)C2)nc1. The van der Waals surface area contributed by atoms with E-state index in [1.807, 2.05) is 6.92 Å². The van der Waals surface area contributed by atoms with Crippen molar-refractivity contribution in [2.75, 3.05) is 13.1 Å². The molecule has 2 fully saturated rings. The van der Waals surface area contributed by atoms with Gasteiger partial charge >= 0.3 is 6.01 Å². The van der Waals surface area contributed by atoms with Crippen LogP contribution in [0.4, 0.5) is 0 Å². The highest BCUT2D eigenvalue weighted by Crippen LogP contribution is 2.32. The van der Waals surface area contributed by atoms with Crippen molar-refractivity contribution in [3.8, 4) is 6.01 Å². The third kappa shape index (κ3) is 3.35. The minimum Gasteiger partial charge on any atom is -0.459 e. The number of aromatic nitrogens is 2. The Balaban J connectivity index is 1.63. The molecule has 2 aliphatic rings. The van der Waals surface area contributed by atoms with Crippen LogP contribution in [-0.2, 0) is 16.4 Å². The van der Waals surface area contributed by atoms with E-state index in [4.69, 9.17) is 4.74 Å². The predicted molar refractivity (Wildman–Crippen MR) is 78.6 cm³/mol. The van der Waals surface area contributed by atoms with Crippen molar-refractivity contribution in [1.82, 2.24) is 14.3 Å². The Hall–Kier alpha value is -1.21. The fraction of sp³-hybridized carbons (Fsp3) is 0.714. The van der Waals surface area contributed by atoms with Crippen molar-refractivity contribution < 1.29 is 13.2 Å². The van der Waals surface area contributed by atoms with Gasteiger partial charge in [-0.15, -0.1) is 0 Å². The van der Waals surface area contributed by atoms with Crippen LogP contribution in [0.25, 0.3) is 0 Å². The summed E-state index contributed by atoms with van der Waals surface area (Å²) >= 11 is 0. The molecule has 21 heavy (non-hydrogen) atoms. The molecule has 1 saturated heterocycles. The number of ether oxygens (including phenoxy) is 1. The molecule has 3 rings (SSSR count). The maximum absolute atomic E-state index is 12.3. The topological polar surface area (TPSA) is 72.4 Å². The maximum Gasteiger partial charge on any atom is 0.316 e. The second kappa shape index (κ2) is 5.88. The van der Waals surface area contributed by atoms with Gasteiger partial charge in [-0.05, 0) is 37.7 Å². The second-order valence-electron chi connectivity index (χ2n) is 5.71. The molecule has 0 bridgehead atoms. The number of aryl methyl sites for hydroxylation is 1. The van der Waals surface area contributed by atoms with E-state index in [-0.39, 0.29) is 11.4 Å². The van der Waals surface area contributed by atoms with Gasteiger partial charge in [-0.2, -0.15) is 4.31 Å². The van der Waals surface area contributed by atoms with E-state index >= 15 is 0 Å². The van der Waals surface area contributed by atoms with E-state index in [2.05, 4.69) is 9.97 Å². The van der Waals surface area contributed by atoms with Crippen molar-refractivity contribution in [1.29, 1.82) is 0 Å². The van der Waals surface area contributed by atoms with Gasteiger partial charge in [0.1, 0.15) is 6.10 Å². The van der Waals surface area contributed by atoms with Gasteiger partial charge < -0.3 is 4.74 Å². The highest BCUT2D eigenvalue weighted by atomic mass is 32.2. The van der Waals surface area contributed by atoms with Crippen LogP contribution in [0.2, 0.25) is 0 Å². The average Bonchev–Trinajstić information content (AvgIpc) is 3.33. The molecule has 0 N–H and O–H groups in total. The Bertz CT molecular complexity index is 584. The van der Waals surface area contributed by atoms with Crippen molar-refractivity contribution in [3.05, 3.63) is 18.0 Å². The minimum absolute atomic E-state index is 0.153. The lowest BCUT2D eigenvalue weighted by atomic mass is 10.1. The third-order valence-corrected chi connectivity index (χ3v) is 6.37. The van der Waals surface area contributed by atoms with Gasteiger partial charge in [-0.3, -0.25) is 0 Å². The van der Waals surface area contributed by atoms with E-state index in [1.54, 1.807) is 16.7 Å². The number of sulfonamides is 1. The molecule has 1 atom stereocenters. The normalized spacial score (nSPS) is 24.0. The van der Waals surface area contributed by atoms with Crippen LogP contribution in [0.3, 0.4) is 0 Å². The standard InChI is InChI=1S/C14H21N3O3S/c1-2-11-8-15-14(16-9-11)20-12-4-3-7-17(10-12)21(18,19)13-5-6-13/h8-9,12-13H,2-7,10H2,1H3. The van der Waals surface area contributed by atoms with Gasteiger partial charge in [0.15, 0.2) is 0 Å². The molecule has 1 aliphatic carbocycles. The molecule has 0 aromatic carbocycles. The number of rotatable bonds is 5. The molecule has 6 nitrogen and oxygen atoms in total. The first kappa shape index (κ1) is 14.7. The van der Waals surface area contributed by atoms with Gasteiger partial charge in [0.05, 0.1) is 11.8 Å². The molecule has 1 aromatic heterocycles. The summed E-state index contributed by atoms with van der Waals surface area (Å²) in [6.07, 6.45) is 7.50. The van der Waals surface area contributed by atoms with Gasteiger partial charge in [-0.1, -0.05) is 6.92 Å². The molecule has 1 saturated carbocycles. The Morgan fingerprint density at radius 1 is 1.29 bits per heavy atom. The quantitative estimate of drug-likeness (QED) is 0.821. The first-order chi connectivity index (χ1) is 10.1. The van der Waals surface area contributed by atoms with Gasteiger partial charge in [0, 0.05) is 18.9 Å². The summed E-state index contributed by atoms with van der Waals surface area (Å²) in [5.74, 6) is 0. The zero-order chi connectivity index (χ0) is 14.9. The first-order valence-electron chi connectivity index (χ1n) is 7.56. The Labute approximate surface area is 125 Å². The molecular formula is C14H21N3O3S. The van der Waals surface area contributed by atoms with Gasteiger partial charge in [0.2, 0.25) is 10.0 Å². The second-order valence-corrected chi connectivity index (χ2v) is 7.92. The summed E-state index contributed by atoms with van der Waals surface area (Å²) in [7, 11) is -3.11. The molecule has 0 spiro atoms. The monoisotopic (exact) mass is 311 g/mol. The zero-order valence-corrected chi connectivity index (χ0v) is 13.1. The average molecular weight is 311 g/mol. The Morgan fingerprint density at radius 3 is 2.62 bits per heavy atom. The van der Waals surface area contributed by atoms with E-state index in [1.165, 1.54) is 0 Å². The van der Waals surface area contributed by atoms with E-state index < -0.39 is 10.0 Å². The number of hydrogen-bond donors (Lipinski definition) is 0. The lowest BCUT2D eigenvalue weighted by Crippen LogP contribution is -2.45. The molecule has 0 radical (unpaired) electrons. The number of nitrogens with zero attached hydrogens (tertiary/aromatic N) is 3. The summed E-state index contributed by atoms with van der Waals surface area (Å²) < 4.78 is 31.9. The molecule has 7 heteroatoms. The van der Waals surface area contributed by atoms with Gasteiger partial charge in [0.25, 0.3) is 0 Å². The lowest BCUT2D eigenvalue weighted by molar-refractivity contribution is 0.119. The van der Waals surface area contributed by atoms with Crippen LogP contribution in [0, 0.1) is 0 Å². The largest absolute Gasteiger partial charge is 0.459 e. The highest BCUT2D eigenvalue weighted by Gasteiger charge is 2.41. The third-order valence-electron chi connectivity index (χ3n) is 4.01. The van der Waals surface area contributed by atoms with Crippen LogP contribution < -0.4 is 4.74 Å². The van der Waals surface area contributed by atoms with Crippen LogP contribution in [0.1, 0.15) is 38.2 Å².